The number of piperidine rings is 1. The summed E-state index contributed by atoms with van der Waals surface area (Å²) in [6.45, 7) is 10.7. The summed E-state index contributed by atoms with van der Waals surface area (Å²) in [5.41, 5.74) is 6.51. The fourth-order valence-electron chi connectivity index (χ4n) is 5.95. The van der Waals surface area contributed by atoms with E-state index in [-0.39, 0.29) is 11.4 Å². The lowest BCUT2D eigenvalue weighted by molar-refractivity contribution is 0.221. The topological polar surface area (TPSA) is 92.6 Å². The predicted molar refractivity (Wildman–Crippen MR) is 167 cm³/mol. The Morgan fingerprint density at radius 3 is 2.57 bits per heavy atom. The van der Waals surface area contributed by atoms with E-state index in [1.165, 1.54) is 54.0 Å². The molecule has 0 bridgehead atoms. The molecule has 1 aromatic carbocycles. The number of carbonyl (C=O) groups is 1. The van der Waals surface area contributed by atoms with Crippen LogP contribution in [0.15, 0.2) is 53.4 Å². The van der Waals surface area contributed by atoms with E-state index >= 15 is 0 Å². The third-order valence-electron chi connectivity index (χ3n) is 8.28. The van der Waals surface area contributed by atoms with Crippen molar-refractivity contribution >= 4 is 33.8 Å². The molecule has 1 aliphatic carbocycles. The first-order valence-corrected chi connectivity index (χ1v) is 15.7. The highest BCUT2D eigenvalue weighted by Gasteiger charge is 2.25. The number of anilines is 2. The van der Waals surface area contributed by atoms with Crippen molar-refractivity contribution in [2.75, 3.05) is 30.3 Å². The van der Waals surface area contributed by atoms with Gasteiger partial charge in [-0.1, -0.05) is 44.5 Å². The first-order valence-electron chi connectivity index (χ1n) is 14.9. The number of imidazole rings is 1. The molecule has 10 heteroatoms. The van der Waals surface area contributed by atoms with E-state index < -0.39 is 0 Å². The van der Waals surface area contributed by atoms with Crippen LogP contribution in [0.25, 0.3) is 27.5 Å². The summed E-state index contributed by atoms with van der Waals surface area (Å²) in [7, 11) is 0. The van der Waals surface area contributed by atoms with Crippen LogP contribution in [0.4, 0.5) is 16.3 Å². The minimum absolute atomic E-state index is 0.180. The Morgan fingerprint density at radius 2 is 1.81 bits per heavy atom. The maximum Gasteiger partial charge on any atom is 0.324 e. The number of aryl methyl sites for hydroxylation is 2. The zero-order chi connectivity index (χ0) is 28.8. The summed E-state index contributed by atoms with van der Waals surface area (Å²) in [6.07, 6.45) is 13.0. The smallest absolute Gasteiger partial charge is 0.324 e. The molecular formula is C32H37N7O2S. The molecule has 9 nitrogen and oxygen atoms in total. The number of carbonyl (C=O) groups excluding carboxylic acids is 1. The van der Waals surface area contributed by atoms with Gasteiger partial charge in [0.25, 0.3) is 0 Å². The molecule has 5 heterocycles. The number of urea groups is 1. The minimum atomic E-state index is -0.371. The largest absolute Gasteiger partial charge is 0.359 e. The van der Waals surface area contributed by atoms with Crippen LogP contribution in [0.3, 0.4) is 0 Å². The molecule has 1 aliphatic heterocycles. The van der Waals surface area contributed by atoms with Crippen LogP contribution in [-0.4, -0.2) is 49.7 Å². The number of thiazole rings is 1. The summed E-state index contributed by atoms with van der Waals surface area (Å²) in [4.78, 5) is 22.5. The number of nitrogens with one attached hydrogen (secondary N) is 2. The van der Waals surface area contributed by atoms with Crippen LogP contribution in [0.5, 0.6) is 0 Å². The number of aromatic nitrogens is 4. The minimum Gasteiger partial charge on any atom is -0.359 e. The highest BCUT2D eigenvalue weighted by molar-refractivity contribution is 7.17. The fourth-order valence-corrected chi connectivity index (χ4v) is 7.07. The van der Waals surface area contributed by atoms with Crippen LogP contribution < -0.4 is 10.6 Å². The van der Waals surface area contributed by atoms with Crippen LogP contribution >= 0.6 is 11.3 Å². The van der Waals surface area contributed by atoms with Crippen molar-refractivity contribution in [2.24, 2.45) is 0 Å². The number of likely N-dealkylation sites (tertiary alicyclic amines) is 1. The summed E-state index contributed by atoms with van der Waals surface area (Å²) < 4.78 is 10.0. The number of nitrogens with zero attached hydrogens (tertiary/aromatic N) is 5. The Labute approximate surface area is 249 Å². The number of fused-ring (bicyclic) bond motifs is 5. The molecule has 42 heavy (non-hydrogen) atoms. The van der Waals surface area contributed by atoms with Crippen molar-refractivity contribution in [3.63, 3.8) is 0 Å². The Balaban J connectivity index is 1.05. The molecular weight excluding hydrogens is 546 g/mol. The lowest BCUT2D eigenvalue weighted by Crippen LogP contribution is -2.32. The maximum atomic E-state index is 12.5. The van der Waals surface area contributed by atoms with Crippen LogP contribution in [0, 0.1) is 0 Å². The van der Waals surface area contributed by atoms with Crippen molar-refractivity contribution in [1.29, 1.82) is 0 Å². The molecule has 0 spiro atoms. The average Bonchev–Trinajstić information content (AvgIpc) is 3.75. The van der Waals surface area contributed by atoms with Gasteiger partial charge in [-0.25, -0.2) is 9.78 Å². The summed E-state index contributed by atoms with van der Waals surface area (Å²) in [5.74, 6) is 1.10. The highest BCUT2D eigenvalue weighted by Crippen LogP contribution is 2.40. The highest BCUT2D eigenvalue weighted by atomic mass is 32.1. The third-order valence-corrected chi connectivity index (χ3v) is 9.40. The summed E-state index contributed by atoms with van der Waals surface area (Å²) >= 11 is 1.80. The second kappa shape index (κ2) is 10.7. The van der Waals surface area contributed by atoms with E-state index in [1.54, 1.807) is 17.4 Å². The molecule has 2 aliphatic rings. The number of hydrogen-bond acceptors (Lipinski definition) is 6. The lowest BCUT2D eigenvalue weighted by Gasteiger charge is -2.26. The molecule has 1 fully saturated rings. The lowest BCUT2D eigenvalue weighted by atomic mass is 9.93. The molecule has 7 rings (SSSR count). The van der Waals surface area contributed by atoms with Crippen molar-refractivity contribution in [1.82, 2.24) is 24.0 Å². The van der Waals surface area contributed by atoms with Gasteiger partial charge >= 0.3 is 6.03 Å². The van der Waals surface area contributed by atoms with Gasteiger partial charge in [0.15, 0.2) is 10.8 Å². The average molecular weight is 584 g/mol. The molecule has 2 N–H and O–H groups in total. The molecule has 5 aromatic rings. The first-order chi connectivity index (χ1) is 20.3. The SMILES string of the molecule is CC(C)(C)c1cc(NC(=O)Nc2ccc(-c3cn4c5c(sc4n3)CCc3cn(CCN4CCCCC4)cc3-5)cc2)no1. The molecule has 4 aromatic heterocycles. The molecule has 2 amide bonds. The Bertz CT molecular complexity index is 1730. The van der Waals surface area contributed by atoms with Crippen molar-refractivity contribution in [3.05, 3.63) is 65.1 Å². The van der Waals surface area contributed by atoms with Gasteiger partial charge in [-0.05, 0) is 56.5 Å². The van der Waals surface area contributed by atoms with Gasteiger partial charge in [0, 0.05) is 64.9 Å². The maximum absolute atomic E-state index is 12.5. The standard InChI is InChI=1S/C32H37N7O2S/c1-32(2,3)27-17-28(36-41-27)35-30(40)33-23-10-7-21(8-11-23)25-20-39-29-24-19-38(16-15-37-13-5-4-6-14-37)18-22(24)9-12-26(29)42-31(39)34-25/h7-8,10-11,17-20H,4-6,9,12-16H2,1-3H3,(H2,33,35,36,40). The zero-order valence-electron chi connectivity index (χ0n) is 24.4. The van der Waals surface area contributed by atoms with Gasteiger partial charge in [-0.3, -0.25) is 9.72 Å². The van der Waals surface area contributed by atoms with Crippen LogP contribution in [0.2, 0.25) is 0 Å². The molecule has 0 radical (unpaired) electrons. The monoisotopic (exact) mass is 583 g/mol. The van der Waals surface area contributed by atoms with E-state index in [4.69, 9.17) is 9.51 Å². The molecule has 218 valence electrons. The van der Waals surface area contributed by atoms with E-state index in [2.05, 4.69) is 48.2 Å². The van der Waals surface area contributed by atoms with Crippen molar-refractivity contribution in [2.45, 2.75) is 64.8 Å². The van der Waals surface area contributed by atoms with Gasteiger partial charge < -0.3 is 19.3 Å². The molecule has 1 saturated heterocycles. The number of benzene rings is 1. The number of rotatable bonds is 6. The van der Waals surface area contributed by atoms with Gasteiger partial charge in [0.2, 0.25) is 0 Å². The summed E-state index contributed by atoms with van der Waals surface area (Å²) in [6, 6.07) is 9.14. The van der Waals surface area contributed by atoms with Crippen molar-refractivity contribution in [3.8, 4) is 22.5 Å². The zero-order valence-corrected chi connectivity index (χ0v) is 25.3. The van der Waals surface area contributed by atoms with Gasteiger partial charge in [-0.15, -0.1) is 11.3 Å². The molecule has 0 saturated carbocycles. The van der Waals surface area contributed by atoms with E-state index in [0.717, 1.165) is 42.1 Å². The number of amides is 2. The van der Waals surface area contributed by atoms with Gasteiger partial charge in [0.1, 0.15) is 5.76 Å². The van der Waals surface area contributed by atoms with Crippen LogP contribution in [-0.2, 0) is 24.8 Å². The fraction of sp³-hybridized carbons (Fsp3) is 0.406. The van der Waals surface area contributed by atoms with E-state index in [1.807, 2.05) is 45.0 Å². The van der Waals surface area contributed by atoms with Crippen molar-refractivity contribution < 1.29 is 9.32 Å². The van der Waals surface area contributed by atoms with Gasteiger partial charge in [-0.2, -0.15) is 0 Å². The molecule has 0 atom stereocenters. The normalized spacial score (nSPS) is 15.5. The van der Waals surface area contributed by atoms with Crippen LogP contribution in [0.1, 0.15) is 56.2 Å². The van der Waals surface area contributed by atoms with Gasteiger partial charge in [0.05, 0.1) is 11.4 Å². The number of hydrogen-bond donors (Lipinski definition) is 2. The Kier molecular flexibility index (Phi) is 6.90. The second-order valence-electron chi connectivity index (χ2n) is 12.5. The third kappa shape index (κ3) is 5.36. The Hall–Kier alpha value is -3.89. The molecule has 0 unspecified atom stereocenters. The predicted octanol–water partition coefficient (Wildman–Crippen LogP) is 7.05. The second-order valence-corrected chi connectivity index (χ2v) is 13.5. The van der Waals surface area contributed by atoms with E-state index in [0.29, 0.717) is 17.3 Å². The quantitative estimate of drug-likeness (QED) is 0.224. The Morgan fingerprint density at radius 1 is 1.00 bits per heavy atom. The first kappa shape index (κ1) is 27.0. The summed E-state index contributed by atoms with van der Waals surface area (Å²) in [5, 5.41) is 9.55. The van der Waals surface area contributed by atoms with E-state index in [9.17, 15) is 4.79 Å².